The molecule has 0 saturated carbocycles. The molecule has 0 atom stereocenters. The van der Waals surface area contributed by atoms with E-state index in [9.17, 15) is 4.79 Å². The number of aryl methyl sites for hydroxylation is 1. The first-order valence-electron chi connectivity index (χ1n) is 7.92. The zero-order valence-corrected chi connectivity index (χ0v) is 13.4. The molecular formula is C17H22N4O2. The van der Waals surface area contributed by atoms with E-state index >= 15 is 0 Å². The van der Waals surface area contributed by atoms with Crippen molar-refractivity contribution < 1.29 is 9.32 Å². The Morgan fingerprint density at radius 3 is 2.61 bits per heavy atom. The summed E-state index contributed by atoms with van der Waals surface area (Å²) in [5, 5.41) is 6.88. The molecule has 1 saturated heterocycles. The van der Waals surface area contributed by atoms with Gasteiger partial charge >= 0.3 is 6.03 Å². The van der Waals surface area contributed by atoms with Crippen molar-refractivity contribution in [2.75, 3.05) is 26.2 Å². The number of nitrogens with zero attached hydrogens (tertiary/aromatic N) is 3. The van der Waals surface area contributed by atoms with Gasteiger partial charge in [-0.2, -0.15) is 0 Å². The van der Waals surface area contributed by atoms with Crippen LogP contribution < -0.4 is 5.32 Å². The number of benzene rings is 1. The maximum Gasteiger partial charge on any atom is 0.317 e. The quantitative estimate of drug-likeness (QED) is 0.938. The van der Waals surface area contributed by atoms with Gasteiger partial charge in [-0.1, -0.05) is 35.5 Å². The molecule has 1 aromatic carbocycles. The molecule has 6 nitrogen and oxygen atoms in total. The highest BCUT2D eigenvalue weighted by molar-refractivity contribution is 5.74. The van der Waals surface area contributed by atoms with E-state index in [-0.39, 0.29) is 6.03 Å². The average Bonchev–Trinajstić information content (AvgIpc) is 2.99. The largest absolute Gasteiger partial charge is 0.360 e. The molecular weight excluding hydrogens is 292 g/mol. The summed E-state index contributed by atoms with van der Waals surface area (Å²) in [5.41, 5.74) is 2.01. The first-order valence-corrected chi connectivity index (χ1v) is 7.92. The van der Waals surface area contributed by atoms with Crippen LogP contribution in [0.5, 0.6) is 0 Å². The number of carbonyl (C=O) groups excluding carboxylic acids is 1. The summed E-state index contributed by atoms with van der Waals surface area (Å²) in [6.07, 6.45) is 0. The Balaban J connectivity index is 1.42. The van der Waals surface area contributed by atoms with E-state index in [4.69, 9.17) is 4.52 Å². The van der Waals surface area contributed by atoms with Crippen LogP contribution >= 0.6 is 0 Å². The monoisotopic (exact) mass is 314 g/mol. The third-order valence-corrected chi connectivity index (χ3v) is 4.00. The summed E-state index contributed by atoms with van der Waals surface area (Å²) in [6, 6.07) is 11.9. The number of urea groups is 1. The molecule has 1 aromatic heterocycles. The lowest BCUT2D eigenvalue weighted by Gasteiger charge is -2.34. The van der Waals surface area contributed by atoms with Crippen molar-refractivity contribution in [3.05, 3.63) is 53.4 Å². The maximum atomic E-state index is 12.2. The Labute approximate surface area is 136 Å². The zero-order chi connectivity index (χ0) is 16.1. The van der Waals surface area contributed by atoms with E-state index in [1.807, 2.05) is 48.2 Å². The van der Waals surface area contributed by atoms with Crippen molar-refractivity contribution >= 4 is 6.03 Å². The SMILES string of the molecule is Cc1cc(CN2CCN(C(=O)NCc3ccccc3)CC2)on1. The van der Waals surface area contributed by atoms with Gasteiger partial charge in [0, 0.05) is 38.8 Å². The number of rotatable bonds is 4. The lowest BCUT2D eigenvalue weighted by molar-refractivity contribution is 0.128. The Bertz CT molecular complexity index is 633. The summed E-state index contributed by atoms with van der Waals surface area (Å²) < 4.78 is 5.24. The van der Waals surface area contributed by atoms with Crippen LogP contribution in [0.1, 0.15) is 17.0 Å². The second kappa shape index (κ2) is 7.28. The third-order valence-electron chi connectivity index (χ3n) is 4.00. The normalized spacial score (nSPS) is 15.6. The molecule has 0 radical (unpaired) electrons. The van der Waals surface area contributed by atoms with E-state index in [2.05, 4.69) is 15.4 Å². The minimum atomic E-state index is 0.00372. The number of amides is 2. The maximum absolute atomic E-state index is 12.2. The van der Waals surface area contributed by atoms with Crippen LogP contribution in [-0.4, -0.2) is 47.2 Å². The van der Waals surface area contributed by atoms with Crippen molar-refractivity contribution in [1.82, 2.24) is 20.3 Å². The van der Waals surface area contributed by atoms with Crippen LogP contribution in [-0.2, 0) is 13.1 Å². The lowest BCUT2D eigenvalue weighted by Crippen LogP contribution is -2.51. The van der Waals surface area contributed by atoms with Crippen molar-refractivity contribution in [3.8, 4) is 0 Å². The minimum Gasteiger partial charge on any atom is -0.360 e. The Morgan fingerprint density at radius 2 is 1.96 bits per heavy atom. The fourth-order valence-electron chi connectivity index (χ4n) is 2.71. The van der Waals surface area contributed by atoms with Crippen LogP contribution in [0.15, 0.2) is 40.9 Å². The van der Waals surface area contributed by atoms with Gasteiger partial charge in [0.1, 0.15) is 0 Å². The molecule has 0 bridgehead atoms. The Hall–Kier alpha value is -2.34. The molecule has 0 aliphatic carbocycles. The molecule has 1 N–H and O–H groups in total. The number of aromatic nitrogens is 1. The standard InChI is InChI=1S/C17H22N4O2/c1-14-11-16(23-19-14)13-20-7-9-21(10-8-20)17(22)18-12-15-5-3-2-4-6-15/h2-6,11H,7-10,12-13H2,1H3,(H,18,22). The number of hydrogen-bond donors (Lipinski definition) is 1. The molecule has 6 heteroatoms. The molecule has 1 aliphatic heterocycles. The van der Waals surface area contributed by atoms with Gasteiger partial charge in [-0.15, -0.1) is 0 Å². The zero-order valence-electron chi connectivity index (χ0n) is 13.4. The van der Waals surface area contributed by atoms with Crippen molar-refractivity contribution in [2.45, 2.75) is 20.0 Å². The molecule has 23 heavy (non-hydrogen) atoms. The van der Waals surface area contributed by atoms with Crippen molar-refractivity contribution in [1.29, 1.82) is 0 Å². The summed E-state index contributed by atoms with van der Waals surface area (Å²) >= 11 is 0. The van der Waals surface area contributed by atoms with Crippen LogP contribution in [0, 0.1) is 6.92 Å². The number of nitrogens with one attached hydrogen (secondary N) is 1. The van der Waals surface area contributed by atoms with Gasteiger partial charge < -0.3 is 14.7 Å². The number of piperazine rings is 1. The fraction of sp³-hybridized carbons (Fsp3) is 0.412. The van der Waals surface area contributed by atoms with Gasteiger partial charge in [-0.3, -0.25) is 4.90 Å². The first kappa shape index (κ1) is 15.6. The van der Waals surface area contributed by atoms with Crippen molar-refractivity contribution in [3.63, 3.8) is 0 Å². The van der Waals surface area contributed by atoms with E-state index < -0.39 is 0 Å². The fourth-order valence-corrected chi connectivity index (χ4v) is 2.71. The van der Waals surface area contributed by atoms with E-state index in [0.29, 0.717) is 6.54 Å². The molecule has 3 rings (SSSR count). The van der Waals surface area contributed by atoms with Gasteiger partial charge in [-0.05, 0) is 12.5 Å². The molecule has 2 amide bonds. The molecule has 122 valence electrons. The van der Waals surface area contributed by atoms with Gasteiger partial charge in [0.25, 0.3) is 0 Å². The highest BCUT2D eigenvalue weighted by atomic mass is 16.5. The predicted octanol–water partition coefficient (Wildman–Crippen LogP) is 2.01. The smallest absolute Gasteiger partial charge is 0.317 e. The summed E-state index contributed by atoms with van der Waals surface area (Å²) in [5.74, 6) is 0.879. The Morgan fingerprint density at radius 1 is 1.22 bits per heavy atom. The highest BCUT2D eigenvalue weighted by Crippen LogP contribution is 2.10. The molecule has 1 fully saturated rings. The first-order chi connectivity index (χ1) is 11.2. The second-order valence-corrected chi connectivity index (χ2v) is 5.84. The Kier molecular flexibility index (Phi) is 4.92. The predicted molar refractivity (Wildman–Crippen MR) is 86.8 cm³/mol. The van der Waals surface area contributed by atoms with E-state index in [1.54, 1.807) is 0 Å². The molecule has 0 unspecified atom stereocenters. The average molecular weight is 314 g/mol. The second-order valence-electron chi connectivity index (χ2n) is 5.84. The van der Waals surface area contributed by atoms with E-state index in [0.717, 1.165) is 49.7 Å². The molecule has 2 aromatic rings. The van der Waals surface area contributed by atoms with Crippen LogP contribution in [0.25, 0.3) is 0 Å². The minimum absolute atomic E-state index is 0.00372. The molecule has 0 spiro atoms. The number of hydrogen-bond acceptors (Lipinski definition) is 4. The third kappa shape index (κ3) is 4.32. The summed E-state index contributed by atoms with van der Waals surface area (Å²) in [4.78, 5) is 16.4. The summed E-state index contributed by atoms with van der Waals surface area (Å²) in [7, 11) is 0. The van der Waals surface area contributed by atoms with E-state index in [1.165, 1.54) is 0 Å². The van der Waals surface area contributed by atoms with Gasteiger partial charge in [-0.25, -0.2) is 4.79 Å². The van der Waals surface area contributed by atoms with Crippen molar-refractivity contribution in [2.24, 2.45) is 0 Å². The van der Waals surface area contributed by atoms with Gasteiger partial charge in [0.05, 0.1) is 12.2 Å². The summed E-state index contributed by atoms with van der Waals surface area (Å²) in [6.45, 7) is 6.39. The molecule has 2 heterocycles. The molecule has 1 aliphatic rings. The van der Waals surface area contributed by atoms with Crippen LogP contribution in [0.3, 0.4) is 0 Å². The number of carbonyl (C=O) groups is 1. The highest BCUT2D eigenvalue weighted by Gasteiger charge is 2.21. The topological polar surface area (TPSA) is 61.6 Å². The van der Waals surface area contributed by atoms with Crippen LogP contribution in [0.2, 0.25) is 0 Å². The van der Waals surface area contributed by atoms with Gasteiger partial charge in [0.15, 0.2) is 5.76 Å². The lowest BCUT2D eigenvalue weighted by atomic mass is 10.2. The van der Waals surface area contributed by atoms with Crippen LogP contribution in [0.4, 0.5) is 4.79 Å². The van der Waals surface area contributed by atoms with Gasteiger partial charge in [0.2, 0.25) is 0 Å².